The number of allylic oxidation sites excluding steroid dienone is 2. The maximum atomic E-state index is 12.6. The van der Waals surface area contributed by atoms with Gasteiger partial charge in [-0.05, 0) is 38.0 Å². The van der Waals surface area contributed by atoms with Crippen molar-refractivity contribution in [2.24, 2.45) is 11.8 Å². The summed E-state index contributed by atoms with van der Waals surface area (Å²) in [4.78, 5) is 28.5. The number of carbonyl (C=O) groups excluding carboxylic acids is 1. The van der Waals surface area contributed by atoms with E-state index in [9.17, 15) is 23.1 Å². The van der Waals surface area contributed by atoms with Gasteiger partial charge in [-0.3, -0.25) is 9.59 Å². The van der Waals surface area contributed by atoms with E-state index in [1.807, 2.05) is 13.0 Å². The van der Waals surface area contributed by atoms with Gasteiger partial charge in [-0.2, -0.15) is 0 Å². The summed E-state index contributed by atoms with van der Waals surface area (Å²) in [6, 6.07) is 4.58. The van der Waals surface area contributed by atoms with Crippen molar-refractivity contribution in [1.29, 1.82) is 0 Å². The average Bonchev–Trinajstić information content (AvgIpc) is 2.94. The topological polar surface area (TPSA) is 113 Å². The van der Waals surface area contributed by atoms with E-state index in [-0.39, 0.29) is 10.8 Å². The Labute approximate surface area is 154 Å². The number of nitrogens with one attached hydrogen (secondary N) is 1. The molecule has 0 fully saturated rings. The molecule has 2 aromatic rings. The second-order valence-electron chi connectivity index (χ2n) is 6.45. The SMILES string of the molecule is CC1=CC[C@H](C(=O)O)[C@H](C(=O)Nc2nc3ccc(S(C)(=O)=O)cc3s2)C1. The van der Waals surface area contributed by atoms with Crippen LogP contribution in [0, 0.1) is 11.8 Å². The van der Waals surface area contributed by atoms with E-state index in [0.29, 0.717) is 28.2 Å². The van der Waals surface area contributed by atoms with Crippen LogP contribution in [0.25, 0.3) is 10.2 Å². The summed E-state index contributed by atoms with van der Waals surface area (Å²) in [5.74, 6) is -2.79. The van der Waals surface area contributed by atoms with Crippen molar-refractivity contribution < 1.29 is 23.1 Å². The molecule has 9 heteroatoms. The molecule has 138 valence electrons. The molecule has 0 radical (unpaired) electrons. The van der Waals surface area contributed by atoms with Crippen LogP contribution in [0.15, 0.2) is 34.7 Å². The minimum atomic E-state index is -3.33. The number of fused-ring (bicyclic) bond motifs is 1. The van der Waals surface area contributed by atoms with Crippen molar-refractivity contribution in [2.45, 2.75) is 24.7 Å². The molecule has 1 heterocycles. The lowest BCUT2D eigenvalue weighted by molar-refractivity contribution is -0.146. The van der Waals surface area contributed by atoms with Gasteiger partial charge in [0, 0.05) is 6.26 Å². The number of thiazole rings is 1. The molecule has 3 rings (SSSR count). The summed E-state index contributed by atoms with van der Waals surface area (Å²) in [7, 11) is -3.33. The third-order valence-corrected chi connectivity index (χ3v) is 6.46. The number of benzene rings is 1. The van der Waals surface area contributed by atoms with Crippen molar-refractivity contribution in [1.82, 2.24) is 4.98 Å². The van der Waals surface area contributed by atoms with Gasteiger partial charge < -0.3 is 10.4 Å². The highest BCUT2D eigenvalue weighted by Crippen LogP contribution is 2.33. The molecule has 2 N–H and O–H groups in total. The smallest absolute Gasteiger partial charge is 0.307 e. The van der Waals surface area contributed by atoms with Gasteiger partial charge in [0.1, 0.15) is 0 Å². The van der Waals surface area contributed by atoms with Crippen molar-refractivity contribution in [2.75, 3.05) is 11.6 Å². The second-order valence-corrected chi connectivity index (χ2v) is 9.50. The Bertz CT molecular complexity index is 1020. The van der Waals surface area contributed by atoms with Crippen LogP contribution in [0.2, 0.25) is 0 Å². The third kappa shape index (κ3) is 3.78. The fourth-order valence-electron chi connectivity index (χ4n) is 3.00. The first-order chi connectivity index (χ1) is 12.1. The summed E-state index contributed by atoms with van der Waals surface area (Å²) in [5, 5.41) is 12.4. The average molecular weight is 394 g/mol. The highest BCUT2D eigenvalue weighted by Gasteiger charge is 2.35. The van der Waals surface area contributed by atoms with Crippen LogP contribution in [0.4, 0.5) is 5.13 Å². The number of carbonyl (C=O) groups is 2. The van der Waals surface area contributed by atoms with Gasteiger partial charge in [0.25, 0.3) is 0 Å². The maximum Gasteiger partial charge on any atom is 0.307 e. The predicted octanol–water partition coefficient (Wildman–Crippen LogP) is 2.70. The van der Waals surface area contributed by atoms with Gasteiger partial charge in [-0.15, -0.1) is 0 Å². The zero-order valence-corrected chi connectivity index (χ0v) is 15.9. The maximum absolute atomic E-state index is 12.6. The Morgan fingerprint density at radius 3 is 2.69 bits per heavy atom. The fraction of sp³-hybridized carbons (Fsp3) is 0.353. The van der Waals surface area contributed by atoms with Crippen molar-refractivity contribution >= 4 is 48.4 Å². The molecule has 2 atom stereocenters. The Hall–Kier alpha value is -2.26. The van der Waals surface area contributed by atoms with E-state index >= 15 is 0 Å². The lowest BCUT2D eigenvalue weighted by atomic mass is 9.79. The molecular weight excluding hydrogens is 376 g/mol. The van der Waals surface area contributed by atoms with Crippen molar-refractivity contribution in [3.63, 3.8) is 0 Å². The Kier molecular flexibility index (Phi) is 4.85. The second kappa shape index (κ2) is 6.81. The molecule has 1 aromatic carbocycles. The molecule has 1 aliphatic rings. The predicted molar refractivity (Wildman–Crippen MR) is 99.0 cm³/mol. The number of anilines is 1. The molecule has 7 nitrogen and oxygen atoms in total. The minimum Gasteiger partial charge on any atom is -0.481 e. The van der Waals surface area contributed by atoms with Crippen molar-refractivity contribution in [3.8, 4) is 0 Å². The van der Waals surface area contributed by atoms with Gasteiger partial charge in [-0.1, -0.05) is 23.0 Å². The summed E-state index contributed by atoms with van der Waals surface area (Å²) in [6.07, 6.45) is 3.71. The van der Waals surface area contributed by atoms with Gasteiger partial charge >= 0.3 is 5.97 Å². The zero-order chi connectivity index (χ0) is 19.1. The summed E-state index contributed by atoms with van der Waals surface area (Å²) >= 11 is 1.16. The highest BCUT2D eigenvalue weighted by molar-refractivity contribution is 7.90. The quantitative estimate of drug-likeness (QED) is 0.771. The molecule has 1 amide bonds. The van der Waals surface area contributed by atoms with Gasteiger partial charge in [0.2, 0.25) is 5.91 Å². The molecule has 0 bridgehead atoms. The first-order valence-corrected chi connectivity index (χ1v) is 10.7. The van der Waals surface area contributed by atoms with Crippen LogP contribution in [-0.2, 0) is 19.4 Å². The van der Waals surface area contributed by atoms with E-state index in [1.54, 1.807) is 6.07 Å². The zero-order valence-electron chi connectivity index (χ0n) is 14.2. The first-order valence-electron chi connectivity index (χ1n) is 7.95. The summed E-state index contributed by atoms with van der Waals surface area (Å²) in [5.41, 5.74) is 1.57. The van der Waals surface area contributed by atoms with Crippen LogP contribution in [0.3, 0.4) is 0 Å². The fourth-order valence-corrected chi connectivity index (χ4v) is 4.63. The number of carboxylic acid groups (broad SMARTS) is 1. The van der Waals surface area contributed by atoms with E-state index in [1.165, 1.54) is 12.1 Å². The van der Waals surface area contributed by atoms with Crippen LogP contribution >= 0.6 is 11.3 Å². The molecule has 0 spiro atoms. The standard InChI is InChI=1S/C17H18N2O5S2/c1-9-3-5-11(16(21)22)12(7-9)15(20)19-17-18-13-6-4-10(26(2,23)24)8-14(13)25-17/h3-4,6,8,11-12H,5,7H2,1-2H3,(H,21,22)(H,18,19,20)/t11-,12+/m0/s1. The Morgan fingerprint density at radius 1 is 1.31 bits per heavy atom. The first kappa shape index (κ1) is 18.5. The molecular formula is C17H18N2O5S2. The van der Waals surface area contributed by atoms with E-state index < -0.39 is 27.6 Å². The molecule has 1 aliphatic carbocycles. The van der Waals surface area contributed by atoms with E-state index in [0.717, 1.165) is 23.2 Å². The van der Waals surface area contributed by atoms with Crippen LogP contribution in [0.5, 0.6) is 0 Å². The van der Waals surface area contributed by atoms with Gasteiger partial charge in [-0.25, -0.2) is 13.4 Å². The minimum absolute atomic E-state index is 0.186. The highest BCUT2D eigenvalue weighted by atomic mass is 32.2. The number of sulfone groups is 1. The molecule has 1 aromatic heterocycles. The lowest BCUT2D eigenvalue weighted by Crippen LogP contribution is -2.35. The largest absolute Gasteiger partial charge is 0.481 e. The van der Waals surface area contributed by atoms with Crippen LogP contribution in [-0.4, -0.2) is 36.6 Å². The molecule has 0 unspecified atom stereocenters. The van der Waals surface area contributed by atoms with Crippen LogP contribution in [0.1, 0.15) is 19.8 Å². The van der Waals surface area contributed by atoms with Gasteiger partial charge in [0.05, 0.1) is 26.9 Å². The monoisotopic (exact) mass is 394 g/mol. The summed E-state index contributed by atoms with van der Waals surface area (Å²) in [6.45, 7) is 1.88. The number of amides is 1. The lowest BCUT2D eigenvalue weighted by Gasteiger charge is -2.26. The van der Waals surface area contributed by atoms with Crippen LogP contribution < -0.4 is 5.32 Å². The number of aromatic nitrogens is 1. The van der Waals surface area contributed by atoms with E-state index in [4.69, 9.17) is 0 Å². The number of hydrogen-bond donors (Lipinski definition) is 2. The number of aliphatic carboxylic acids is 1. The number of carboxylic acids is 1. The molecule has 0 aliphatic heterocycles. The molecule has 0 saturated carbocycles. The van der Waals surface area contributed by atoms with E-state index in [2.05, 4.69) is 10.3 Å². The molecule has 26 heavy (non-hydrogen) atoms. The third-order valence-electron chi connectivity index (χ3n) is 4.42. The Balaban J connectivity index is 1.85. The Morgan fingerprint density at radius 2 is 2.04 bits per heavy atom. The molecule has 0 saturated heterocycles. The number of nitrogens with zero attached hydrogens (tertiary/aromatic N) is 1. The number of rotatable bonds is 4. The number of hydrogen-bond acceptors (Lipinski definition) is 6. The van der Waals surface area contributed by atoms with Crippen molar-refractivity contribution in [3.05, 3.63) is 29.8 Å². The summed E-state index contributed by atoms with van der Waals surface area (Å²) < 4.78 is 23.9. The normalized spacial score (nSPS) is 20.6. The van der Waals surface area contributed by atoms with Gasteiger partial charge in [0.15, 0.2) is 15.0 Å².